The van der Waals surface area contributed by atoms with Crippen LogP contribution in [0.2, 0.25) is 0 Å². The molecule has 2 aliphatic heterocycles. The number of aliphatic carboxylic acids is 1. The first-order chi connectivity index (χ1) is 18.7. The number of carboxylic acids is 1. The Morgan fingerprint density at radius 1 is 1.15 bits per heavy atom. The third kappa shape index (κ3) is 6.22. The number of carboxylic acid groups (broad SMARTS) is 1. The summed E-state index contributed by atoms with van der Waals surface area (Å²) in [5.41, 5.74) is 6.97. The summed E-state index contributed by atoms with van der Waals surface area (Å²) in [4.78, 5) is 11.1. The smallest absolute Gasteiger partial charge is 0.304 e. The van der Waals surface area contributed by atoms with Gasteiger partial charge in [0.1, 0.15) is 23.4 Å². The molecule has 0 spiro atoms. The Bertz CT molecular complexity index is 1290. The predicted molar refractivity (Wildman–Crippen MR) is 152 cm³/mol. The van der Waals surface area contributed by atoms with E-state index < -0.39 is 5.97 Å². The average Bonchev–Trinajstić information content (AvgIpc) is 3.28. The Labute approximate surface area is 230 Å². The largest absolute Gasteiger partial charge is 0.493 e. The zero-order chi connectivity index (χ0) is 27.6. The SMILES string of the molecule is C=C1/C=C\C=C(\c2c(C)cc(OCC3(C)COC3)cc2C)CCC[C@H]1Oc1ccc2c(c1)OC[C@H]2CC(=O)O. The Balaban J connectivity index is 1.24. The molecule has 2 aromatic rings. The number of ether oxygens (including phenoxy) is 4. The van der Waals surface area contributed by atoms with Crippen molar-refractivity contribution in [1.29, 1.82) is 0 Å². The summed E-state index contributed by atoms with van der Waals surface area (Å²) in [6, 6.07) is 10.00. The summed E-state index contributed by atoms with van der Waals surface area (Å²) in [5.74, 6) is 1.39. The maximum Gasteiger partial charge on any atom is 0.304 e. The fraction of sp³-hybridized carbons (Fsp3) is 0.424. The lowest BCUT2D eigenvalue weighted by molar-refractivity contribution is -0.137. The predicted octanol–water partition coefficient (Wildman–Crippen LogP) is 6.80. The van der Waals surface area contributed by atoms with E-state index in [9.17, 15) is 4.79 Å². The standard InChI is InChI=1S/C33H38O6/c1-21-7-5-8-24(32-22(2)13-27(14-23(32)3)38-20-33(4)18-36-19-33)9-6-10-29(21)39-26-11-12-28-25(15-31(34)35)17-37-30(28)16-26/h5,7-8,11-14,16,25,29H,1,6,9-10,15,17-20H2,2-4H3,(H,34,35)/b7-5-,24-8+/t25-,29-/m1/s1. The number of carbonyl (C=O) groups is 1. The molecule has 3 aliphatic rings. The van der Waals surface area contributed by atoms with E-state index in [1.165, 1.54) is 22.3 Å². The number of rotatable bonds is 8. The Morgan fingerprint density at radius 2 is 1.92 bits per heavy atom. The molecule has 1 N–H and O–H groups in total. The first-order valence-corrected chi connectivity index (χ1v) is 13.7. The van der Waals surface area contributed by atoms with Gasteiger partial charge in [0.05, 0.1) is 32.8 Å². The second kappa shape index (κ2) is 11.3. The molecule has 0 unspecified atom stereocenters. The first-order valence-electron chi connectivity index (χ1n) is 13.7. The van der Waals surface area contributed by atoms with E-state index in [-0.39, 0.29) is 23.9 Å². The fourth-order valence-electron chi connectivity index (χ4n) is 5.66. The van der Waals surface area contributed by atoms with Crippen LogP contribution in [0.3, 0.4) is 0 Å². The van der Waals surface area contributed by atoms with E-state index >= 15 is 0 Å². The van der Waals surface area contributed by atoms with Gasteiger partial charge >= 0.3 is 5.97 Å². The fourth-order valence-corrected chi connectivity index (χ4v) is 5.66. The van der Waals surface area contributed by atoms with Crippen LogP contribution in [0.1, 0.15) is 60.8 Å². The van der Waals surface area contributed by atoms with Gasteiger partial charge in [0.25, 0.3) is 0 Å². The van der Waals surface area contributed by atoms with E-state index in [0.717, 1.165) is 49.4 Å². The van der Waals surface area contributed by atoms with Gasteiger partial charge in [-0.1, -0.05) is 37.8 Å². The highest BCUT2D eigenvalue weighted by molar-refractivity contribution is 5.73. The average molecular weight is 531 g/mol. The van der Waals surface area contributed by atoms with Crippen molar-refractivity contribution in [2.45, 2.75) is 58.5 Å². The van der Waals surface area contributed by atoms with Gasteiger partial charge in [0, 0.05) is 23.0 Å². The van der Waals surface area contributed by atoms with Crippen LogP contribution in [0.15, 0.2) is 60.7 Å². The van der Waals surface area contributed by atoms with Crippen LogP contribution >= 0.6 is 0 Å². The lowest BCUT2D eigenvalue weighted by Crippen LogP contribution is -2.44. The van der Waals surface area contributed by atoms with Gasteiger partial charge in [0.2, 0.25) is 0 Å². The van der Waals surface area contributed by atoms with Gasteiger partial charge in [-0.05, 0) is 79.1 Å². The van der Waals surface area contributed by atoms with Gasteiger partial charge in [-0.15, -0.1) is 0 Å². The van der Waals surface area contributed by atoms with Crippen LogP contribution in [0.5, 0.6) is 17.2 Å². The first kappa shape index (κ1) is 27.1. The molecule has 6 nitrogen and oxygen atoms in total. The lowest BCUT2D eigenvalue weighted by Gasteiger charge is -2.37. The van der Waals surface area contributed by atoms with E-state index in [1.807, 2.05) is 24.3 Å². The third-order valence-electron chi connectivity index (χ3n) is 7.81. The van der Waals surface area contributed by atoms with Crippen LogP contribution in [0.4, 0.5) is 0 Å². The van der Waals surface area contributed by atoms with E-state index in [0.29, 0.717) is 24.7 Å². The molecule has 6 heteroatoms. The number of aryl methyl sites for hydroxylation is 2. The normalized spacial score (nSPS) is 24.1. The molecule has 206 valence electrons. The molecule has 2 atom stereocenters. The number of allylic oxidation sites excluding steroid dienone is 3. The second-order valence-electron chi connectivity index (χ2n) is 11.5. The number of hydrogen-bond acceptors (Lipinski definition) is 5. The van der Waals surface area contributed by atoms with Crippen LogP contribution in [0.25, 0.3) is 5.57 Å². The van der Waals surface area contributed by atoms with Crippen LogP contribution in [0, 0.1) is 19.3 Å². The highest BCUT2D eigenvalue weighted by Crippen LogP contribution is 2.39. The van der Waals surface area contributed by atoms with Crippen LogP contribution in [-0.4, -0.2) is 43.6 Å². The second-order valence-corrected chi connectivity index (χ2v) is 11.5. The molecule has 0 aromatic heterocycles. The molecule has 0 saturated carbocycles. The number of fused-ring (bicyclic) bond motifs is 1. The topological polar surface area (TPSA) is 74.2 Å². The minimum atomic E-state index is -0.818. The molecule has 0 radical (unpaired) electrons. The van der Waals surface area contributed by atoms with E-state index in [4.69, 9.17) is 24.1 Å². The van der Waals surface area contributed by atoms with Gasteiger partial charge < -0.3 is 24.1 Å². The molecule has 1 aliphatic carbocycles. The molecule has 2 heterocycles. The lowest BCUT2D eigenvalue weighted by atomic mass is 9.89. The Kier molecular flexibility index (Phi) is 7.85. The summed E-state index contributed by atoms with van der Waals surface area (Å²) >= 11 is 0. The van der Waals surface area contributed by atoms with Gasteiger partial charge in [-0.3, -0.25) is 4.79 Å². The Hall–Kier alpha value is -3.51. The third-order valence-corrected chi connectivity index (χ3v) is 7.81. The summed E-state index contributed by atoms with van der Waals surface area (Å²) in [5, 5.41) is 9.15. The van der Waals surface area contributed by atoms with Crippen molar-refractivity contribution in [1.82, 2.24) is 0 Å². The van der Waals surface area contributed by atoms with Gasteiger partial charge in [-0.2, -0.15) is 0 Å². The molecule has 1 fully saturated rings. The van der Waals surface area contributed by atoms with Crippen LogP contribution < -0.4 is 14.2 Å². The zero-order valence-electron chi connectivity index (χ0n) is 23.1. The zero-order valence-corrected chi connectivity index (χ0v) is 23.1. The summed E-state index contributed by atoms with van der Waals surface area (Å²) in [6.45, 7) is 13.4. The maximum absolute atomic E-state index is 11.1. The summed E-state index contributed by atoms with van der Waals surface area (Å²) < 4.78 is 23.6. The monoisotopic (exact) mass is 530 g/mol. The van der Waals surface area contributed by atoms with Gasteiger partial charge in [0.15, 0.2) is 0 Å². The van der Waals surface area contributed by atoms with Crippen molar-refractivity contribution in [3.05, 3.63) is 83.0 Å². The highest BCUT2D eigenvalue weighted by Gasteiger charge is 2.34. The van der Waals surface area contributed by atoms with Crippen molar-refractivity contribution in [3.8, 4) is 17.2 Å². The Morgan fingerprint density at radius 3 is 2.62 bits per heavy atom. The van der Waals surface area contributed by atoms with Crippen molar-refractivity contribution >= 4 is 11.5 Å². The molecule has 0 amide bonds. The van der Waals surface area contributed by atoms with Crippen LogP contribution in [-0.2, 0) is 9.53 Å². The molecule has 1 saturated heterocycles. The number of benzene rings is 2. The maximum atomic E-state index is 11.1. The van der Waals surface area contributed by atoms with Crippen molar-refractivity contribution in [3.63, 3.8) is 0 Å². The van der Waals surface area contributed by atoms with Crippen molar-refractivity contribution < 1.29 is 28.8 Å². The molecule has 5 rings (SSSR count). The van der Waals surface area contributed by atoms with Crippen molar-refractivity contribution in [2.24, 2.45) is 5.41 Å². The molecular formula is C33H38O6. The highest BCUT2D eigenvalue weighted by atomic mass is 16.5. The van der Waals surface area contributed by atoms with Crippen molar-refractivity contribution in [2.75, 3.05) is 26.4 Å². The van der Waals surface area contributed by atoms with E-state index in [1.54, 1.807) is 0 Å². The summed E-state index contributed by atoms with van der Waals surface area (Å²) in [7, 11) is 0. The molecule has 0 bridgehead atoms. The molecule has 39 heavy (non-hydrogen) atoms. The minimum Gasteiger partial charge on any atom is -0.493 e. The number of hydrogen-bond donors (Lipinski definition) is 1. The molecular weight excluding hydrogens is 492 g/mol. The minimum absolute atomic E-state index is 0.0658. The van der Waals surface area contributed by atoms with E-state index in [2.05, 4.69) is 51.6 Å². The summed E-state index contributed by atoms with van der Waals surface area (Å²) in [6.07, 6.45) is 8.93. The van der Waals surface area contributed by atoms with Gasteiger partial charge in [-0.25, -0.2) is 0 Å². The quantitative estimate of drug-likeness (QED) is 0.405. The molecule has 2 aromatic carbocycles.